The lowest BCUT2D eigenvalue weighted by molar-refractivity contribution is 0.125. The van der Waals surface area contributed by atoms with E-state index >= 15 is 0 Å². The molecule has 0 amide bonds. The monoisotopic (exact) mass is 258 g/mol. The topological polar surface area (TPSA) is 29.5 Å². The number of aliphatic hydroxyl groups is 1. The van der Waals surface area contributed by atoms with Gasteiger partial charge in [-0.3, -0.25) is 0 Å². The molecule has 0 aromatic heterocycles. The van der Waals surface area contributed by atoms with E-state index in [1.807, 2.05) is 0 Å². The molecule has 1 N–H and O–H groups in total. The van der Waals surface area contributed by atoms with Gasteiger partial charge in [-0.1, -0.05) is 27.7 Å². The second kappa shape index (κ2) is 5.41. The number of hydrogen-bond acceptors (Lipinski definition) is 2. The molecule has 0 aromatic carbocycles. The molecule has 0 unspecified atom stereocenters. The summed E-state index contributed by atoms with van der Waals surface area (Å²) in [4.78, 5) is 0. The lowest BCUT2D eigenvalue weighted by Gasteiger charge is -2.37. The van der Waals surface area contributed by atoms with Gasteiger partial charge in [0, 0.05) is 13.2 Å². The maximum absolute atomic E-state index is 9.45. The van der Waals surface area contributed by atoms with Crippen LogP contribution in [0.15, 0.2) is 0 Å². The molecule has 0 aromatic rings. The molecule has 1 fully saturated rings. The molecule has 1 aliphatic rings. The van der Waals surface area contributed by atoms with Crippen molar-refractivity contribution in [1.29, 1.82) is 0 Å². The van der Waals surface area contributed by atoms with E-state index in [1.165, 1.54) is 12.8 Å². The van der Waals surface area contributed by atoms with Crippen molar-refractivity contribution in [2.75, 3.05) is 13.2 Å². The maximum Gasteiger partial charge on any atom is 0.191 e. The fourth-order valence-corrected chi connectivity index (χ4v) is 3.50. The first-order chi connectivity index (χ1) is 7.69. The van der Waals surface area contributed by atoms with Crippen molar-refractivity contribution >= 4 is 8.32 Å². The second-order valence-electron chi connectivity index (χ2n) is 7.23. The normalized spacial score (nSPS) is 30.9. The van der Waals surface area contributed by atoms with Gasteiger partial charge < -0.3 is 9.53 Å². The number of hydrogen-bond donors (Lipinski definition) is 1. The molecule has 1 aliphatic carbocycles. The Bertz CT molecular complexity index is 245. The zero-order valence-corrected chi connectivity index (χ0v) is 13.4. The first-order valence-corrected chi connectivity index (χ1v) is 9.84. The molecule has 0 saturated heterocycles. The Balaban J connectivity index is 2.51. The van der Waals surface area contributed by atoms with Crippen LogP contribution < -0.4 is 0 Å². The predicted molar refractivity (Wildman–Crippen MR) is 75.6 cm³/mol. The third kappa shape index (κ3) is 3.55. The zero-order chi connectivity index (χ0) is 13.3. The van der Waals surface area contributed by atoms with Crippen LogP contribution in [-0.4, -0.2) is 26.6 Å². The molecule has 102 valence electrons. The summed E-state index contributed by atoms with van der Waals surface area (Å²) in [5.74, 6) is 1.69. The lowest BCUT2D eigenvalue weighted by Crippen LogP contribution is -2.42. The van der Waals surface area contributed by atoms with Gasteiger partial charge in [-0.2, -0.15) is 0 Å². The van der Waals surface area contributed by atoms with E-state index in [9.17, 15) is 5.11 Å². The summed E-state index contributed by atoms with van der Waals surface area (Å²) in [5.41, 5.74) is 0. The van der Waals surface area contributed by atoms with Crippen LogP contribution in [0.2, 0.25) is 18.1 Å². The molecule has 0 bridgehead atoms. The lowest BCUT2D eigenvalue weighted by atomic mass is 9.92. The van der Waals surface area contributed by atoms with Crippen LogP contribution >= 0.6 is 0 Å². The molecule has 3 atom stereocenters. The zero-order valence-electron chi connectivity index (χ0n) is 12.4. The van der Waals surface area contributed by atoms with E-state index in [4.69, 9.17) is 4.43 Å². The molecule has 0 radical (unpaired) electrons. The van der Waals surface area contributed by atoms with Crippen molar-refractivity contribution in [3.05, 3.63) is 0 Å². The highest BCUT2D eigenvalue weighted by molar-refractivity contribution is 6.74. The Labute approximate surface area is 108 Å². The summed E-state index contributed by atoms with van der Waals surface area (Å²) in [7, 11) is -1.62. The second-order valence-corrected chi connectivity index (χ2v) is 12.0. The number of rotatable bonds is 4. The van der Waals surface area contributed by atoms with Gasteiger partial charge >= 0.3 is 0 Å². The predicted octanol–water partition coefficient (Wildman–Crippen LogP) is 3.66. The van der Waals surface area contributed by atoms with Gasteiger partial charge in [-0.25, -0.2) is 0 Å². The summed E-state index contributed by atoms with van der Waals surface area (Å²) >= 11 is 0. The Morgan fingerprint density at radius 3 is 2.29 bits per heavy atom. The largest absolute Gasteiger partial charge is 0.417 e. The minimum Gasteiger partial charge on any atom is -0.417 e. The van der Waals surface area contributed by atoms with E-state index in [0.717, 1.165) is 6.61 Å². The Morgan fingerprint density at radius 2 is 1.82 bits per heavy atom. The van der Waals surface area contributed by atoms with Crippen molar-refractivity contribution in [2.24, 2.45) is 17.8 Å². The van der Waals surface area contributed by atoms with Gasteiger partial charge in [0.2, 0.25) is 0 Å². The van der Waals surface area contributed by atoms with Gasteiger partial charge in [-0.05, 0) is 48.7 Å². The smallest absolute Gasteiger partial charge is 0.191 e. The Morgan fingerprint density at radius 1 is 1.24 bits per heavy atom. The highest BCUT2D eigenvalue weighted by Gasteiger charge is 2.39. The van der Waals surface area contributed by atoms with Crippen LogP contribution in [0.25, 0.3) is 0 Å². The van der Waals surface area contributed by atoms with Gasteiger partial charge in [0.25, 0.3) is 0 Å². The first-order valence-electron chi connectivity index (χ1n) is 6.94. The molecular weight excluding hydrogens is 228 g/mol. The van der Waals surface area contributed by atoms with E-state index in [2.05, 4.69) is 40.8 Å². The fraction of sp³-hybridized carbons (Fsp3) is 1.00. The van der Waals surface area contributed by atoms with Crippen molar-refractivity contribution in [1.82, 2.24) is 0 Å². The highest BCUT2D eigenvalue weighted by Crippen LogP contribution is 2.40. The average Bonchev–Trinajstić information content (AvgIpc) is 2.54. The van der Waals surface area contributed by atoms with Crippen LogP contribution in [0.5, 0.6) is 0 Å². The fourth-order valence-electron chi connectivity index (χ4n) is 2.44. The molecule has 0 spiro atoms. The van der Waals surface area contributed by atoms with E-state index in [0.29, 0.717) is 24.4 Å². The van der Waals surface area contributed by atoms with Crippen molar-refractivity contribution < 1.29 is 9.53 Å². The van der Waals surface area contributed by atoms with Crippen molar-refractivity contribution in [2.45, 2.75) is 58.7 Å². The average molecular weight is 258 g/mol. The SMILES string of the molecule is C[C@H]1CC[C@@H](CO[Si](C)(C)C(C)(C)C)[C@@H]1CO. The number of aliphatic hydroxyl groups excluding tert-OH is 1. The Hall–Kier alpha value is 0.137. The first kappa shape index (κ1) is 15.2. The molecule has 1 rings (SSSR count). The molecular formula is C14H30O2Si. The molecule has 17 heavy (non-hydrogen) atoms. The van der Waals surface area contributed by atoms with Gasteiger partial charge in [-0.15, -0.1) is 0 Å². The quantitative estimate of drug-likeness (QED) is 0.780. The minimum atomic E-state index is -1.62. The van der Waals surface area contributed by atoms with E-state index < -0.39 is 8.32 Å². The standard InChI is InChI=1S/C14H30O2Si/c1-11-7-8-12(13(11)9-15)10-16-17(5,6)14(2,3)4/h11-13,15H,7-10H2,1-6H3/t11-,12-,13+/m0/s1. The molecule has 3 heteroatoms. The third-order valence-electron chi connectivity index (χ3n) is 5.00. The van der Waals surface area contributed by atoms with Crippen molar-refractivity contribution in [3.63, 3.8) is 0 Å². The van der Waals surface area contributed by atoms with Gasteiger partial charge in [0.1, 0.15) is 0 Å². The summed E-state index contributed by atoms with van der Waals surface area (Å²) < 4.78 is 6.29. The van der Waals surface area contributed by atoms with Crippen LogP contribution in [0, 0.1) is 17.8 Å². The minimum absolute atomic E-state index is 0.284. The third-order valence-corrected chi connectivity index (χ3v) is 9.51. The molecule has 0 heterocycles. The van der Waals surface area contributed by atoms with Gasteiger partial charge in [0.05, 0.1) is 0 Å². The van der Waals surface area contributed by atoms with Crippen LogP contribution in [0.3, 0.4) is 0 Å². The summed E-state index contributed by atoms with van der Waals surface area (Å²) in [6.07, 6.45) is 2.47. The van der Waals surface area contributed by atoms with Crippen molar-refractivity contribution in [3.8, 4) is 0 Å². The van der Waals surface area contributed by atoms with Crippen LogP contribution in [0.1, 0.15) is 40.5 Å². The van der Waals surface area contributed by atoms with Gasteiger partial charge in [0.15, 0.2) is 8.32 Å². The van der Waals surface area contributed by atoms with Crippen LogP contribution in [0.4, 0.5) is 0 Å². The molecule has 1 saturated carbocycles. The summed E-state index contributed by atoms with van der Waals surface area (Å²) in [5, 5.41) is 9.74. The Kier molecular flexibility index (Phi) is 4.84. The van der Waals surface area contributed by atoms with E-state index in [-0.39, 0.29) is 5.04 Å². The van der Waals surface area contributed by atoms with Crippen LogP contribution in [-0.2, 0) is 4.43 Å². The maximum atomic E-state index is 9.45. The molecule has 0 aliphatic heterocycles. The summed E-state index contributed by atoms with van der Waals surface area (Å²) in [6.45, 7) is 14.9. The molecule has 2 nitrogen and oxygen atoms in total. The van der Waals surface area contributed by atoms with E-state index in [1.54, 1.807) is 0 Å². The highest BCUT2D eigenvalue weighted by atomic mass is 28.4. The summed E-state index contributed by atoms with van der Waals surface area (Å²) in [6, 6.07) is 0.